The van der Waals surface area contributed by atoms with E-state index in [1.54, 1.807) is 7.11 Å². The van der Waals surface area contributed by atoms with Crippen molar-refractivity contribution in [2.45, 2.75) is 53.5 Å². The van der Waals surface area contributed by atoms with E-state index in [1.807, 2.05) is 19.1 Å². The highest BCUT2D eigenvalue weighted by Crippen LogP contribution is 2.29. The van der Waals surface area contributed by atoms with E-state index in [9.17, 15) is 5.11 Å². The summed E-state index contributed by atoms with van der Waals surface area (Å²) in [6, 6.07) is 6.15. The lowest BCUT2D eigenvalue weighted by atomic mass is 9.79. The Hall–Kier alpha value is -1.02. The molecule has 3 N–H and O–H groups in total. The van der Waals surface area contributed by atoms with Crippen LogP contribution in [0.15, 0.2) is 23.2 Å². The summed E-state index contributed by atoms with van der Waals surface area (Å²) in [7, 11) is 1.69. The van der Waals surface area contributed by atoms with Gasteiger partial charge in [-0.15, -0.1) is 24.0 Å². The summed E-state index contributed by atoms with van der Waals surface area (Å²) in [5, 5.41) is 16.1. The van der Waals surface area contributed by atoms with Crippen molar-refractivity contribution in [3.8, 4) is 5.75 Å². The number of ether oxygens (including phenoxy) is 1. The number of nitrogens with one attached hydrogen (secondary N) is 2. The van der Waals surface area contributed by atoms with Crippen molar-refractivity contribution in [1.82, 2.24) is 10.6 Å². The maximum atomic E-state index is 9.37. The van der Waals surface area contributed by atoms with Gasteiger partial charge in [0, 0.05) is 19.7 Å². The lowest BCUT2D eigenvalue weighted by Crippen LogP contribution is -2.43. The number of hydrogen-bond donors (Lipinski definition) is 3. The average Bonchev–Trinajstić information content (AvgIpc) is 2.63. The third kappa shape index (κ3) is 7.70. The molecule has 1 aromatic carbocycles. The molecule has 0 aliphatic carbocycles. The largest absolute Gasteiger partial charge is 0.496 e. The fourth-order valence-corrected chi connectivity index (χ4v) is 3.00. The number of aryl methyl sites for hydroxylation is 1. The first-order valence-corrected chi connectivity index (χ1v) is 9.30. The van der Waals surface area contributed by atoms with Crippen LogP contribution in [0.3, 0.4) is 0 Å². The number of aliphatic hydroxyl groups is 1. The minimum Gasteiger partial charge on any atom is -0.496 e. The standard InChI is InChI=1S/C20H35N3O2.HI/c1-6-20(7-2,11-12-24)15-23-19(21-8-3)22-14-17-9-10-18(25-5)16(4)13-17;/h9-10,13,24H,6-8,11-12,14-15H2,1-5H3,(H2,21,22,23);1H. The first kappa shape index (κ1) is 25.0. The van der Waals surface area contributed by atoms with Crippen LogP contribution < -0.4 is 15.4 Å². The molecule has 0 aliphatic heterocycles. The number of aliphatic imine (C=N–C) groups is 1. The molecule has 0 aliphatic rings. The Labute approximate surface area is 176 Å². The Kier molecular flexibility index (Phi) is 12.7. The summed E-state index contributed by atoms with van der Waals surface area (Å²) in [5.74, 6) is 1.72. The molecule has 6 heteroatoms. The zero-order chi connectivity index (χ0) is 18.7. The van der Waals surface area contributed by atoms with E-state index >= 15 is 0 Å². The van der Waals surface area contributed by atoms with Crippen LogP contribution in [0.1, 0.15) is 51.2 Å². The SMILES string of the molecule is CCNC(=NCc1ccc(OC)c(C)c1)NCC(CC)(CC)CCO.I. The quantitative estimate of drug-likeness (QED) is 0.272. The van der Waals surface area contributed by atoms with Crippen molar-refractivity contribution in [1.29, 1.82) is 0 Å². The molecule has 0 atom stereocenters. The third-order valence-corrected chi connectivity index (χ3v) is 5.00. The molecule has 0 bridgehead atoms. The van der Waals surface area contributed by atoms with Gasteiger partial charge in [-0.05, 0) is 55.7 Å². The summed E-state index contributed by atoms with van der Waals surface area (Å²) in [6.45, 7) is 11.0. The van der Waals surface area contributed by atoms with Crippen molar-refractivity contribution in [2.75, 3.05) is 26.8 Å². The lowest BCUT2D eigenvalue weighted by molar-refractivity contribution is 0.169. The molecule has 0 radical (unpaired) electrons. The Bertz CT molecular complexity index is 546. The van der Waals surface area contributed by atoms with Crippen LogP contribution in [0.2, 0.25) is 0 Å². The monoisotopic (exact) mass is 477 g/mol. The molecule has 0 heterocycles. The van der Waals surface area contributed by atoms with Crippen LogP contribution in [-0.4, -0.2) is 37.9 Å². The highest BCUT2D eigenvalue weighted by molar-refractivity contribution is 14.0. The van der Waals surface area contributed by atoms with Crippen molar-refractivity contribution >= 4 is 29.9 Å². The Morgan fingerprint density at radius 2 is 1.88 bits per heavy atom. The van der Waals surface area contributed by atoms with E-state index in [1.165, 1.54) is 0 Å². The fourth-order valence-electron chi connectivity index (χ4n) is 3.00. The molecule has 0 aromatic heterocycles. The second-order valence-corrected chi connectivity index (χ2v) is 6.53. The van der Waals surface area contributed by atoms with Crippen LogP contribution in [-0.2, 0) is 6.54 Å². The Balaban J connectivity index is 0.00000625. The van der Waals surface area contributed by atoms with Crippen LogP contribution >= 0.6 is 24.0 Å². The molecular formula is C20H36IN3O2. The van der Waals surface area contributed by atoms with Gasteiger partial charge in [0.1, 0.15) is 5.75 Å². The summed E-state index contributed by atoms with van der Waals surface area (Å²) in [6.07, 6.45) is 2.88. The second kappa shape index (κ2) is 13.2. The van der Waals surface area contributed by atoms with Gasteiger partial charge in [-0.25, -0.2) is 4.99 Å². The van der Waals surface area contributed by atoms with Crippen molar-refractivity contribution in [2.24, 2.45) is 10.4 Å². The van der Waals surface area contributed by atoms with Gasteiger partial charge in [-0.3, -0.25) is 0 Å². The van der Waals surface area contributed by atoms with E-state index < -0.39 is 0 Å². The molecule has 0 saturated heterocycles. The maximum absolute atomic E-state index is 9.37. The fraction of sp³-hybridized carbons (Fsp3) is 0.650. The maximum Gasteiger partial charge on any atom is 0.191 e. The smallest absolute Gasteiger partial charge is 0.191 e. The molecule has 5 nitrogen and oxygen atoms in total. The van der Waals surface area contributed by atoms with E-state index in [-0.39, 0.29) is 36.0 Å². The van der Waals surface area contributed by atoms with Crippen molar-refractivity contribution < 1.29 is 9.84 Å². The van der Waals surface area contributed by atoms with E-state index in [0.717, 1.165) is 55.2 Å². The van der Waals surface area contributed by atoms with Gasteiger partial charge in [-0.1, -0.05) is 26.0 Å². The first-order chi connectivity index (χ1) is 12.0. The number of benzene rings is 1. The van der Waals surface area contributed by atoms with Gasteiger partial charge in [0.15, 0.2) is 5.96 Å². The lowest BCUT2D eigenvalue weighted by Gasteiger charge is -2.32. The first-order valence-electron chi connectivity index (χ1n) is 9.30. The van der Waals surface area contributed by atoms with Crippen LogP contribution in [0.5, 0.6) is 5.75 Å². The van der Waals surface area contributed by atoms with E-state index in [4.69, 9.17) is 9.73 Å². The van der Waals surface area contributed by atoms with Crippen LogP contribution in [0, 0.1) is 12.3 Å². The molecule has 0 fully saturated rings. The van der Waals surface area contributed by atoms with Gasteiger partial charge in [-0.2, -0.15) is 0 Å². The molecule has 0 amide bonds. The van der Waals surface area contributed by atoms with Gasteiger partial charge in [0.05, 0.1) is 13.7 Å². The predicted octanol–water partition coefficient (Wildman–Crippen LogP) is 3.87. The number of nitrogens with zero attached hydrogens (tertiary/aromatic N) is 1. The number of guanidine groups is 1. The van der Waals surface area contributed by atoms with E-state index in [2.05, 4.69) is 37.5 Å². The van der Waals surface area contributed by atoms with Gasteiger partial charge >= 0.3 is 0 Å². The second-order valence-electron chi connectivity index (χ2n) is 6.53. The highest BCUT2D eigenvalue weighted by Gasteiger charge is 2.25. The van der Waals surface area contributed by atoms with Crippen molar-refractivity contribution in [3.63, 3.8) is 0 Å². The topological polar surface area (TPSA) is 65.9 Å². The number of aliphatic hydroxyl groups excluding tert-OH is 1. The molecule has 0 spiro atoms. The minimum absolute atomic E-state index is 0. The molecule has 26 heavy (non-hydrogen) atoms. The zero-order valence-corrected chi connectivity index (χ0v) is 19.2. The van der Waals surface area contributed by atoms with Gasteiger partial charge < -0.3 is 20.5 Å². The molecule has 1 aromatic rings. The van der Waals surface area contributed by atoms with Crippen LogP contribution in [0.4, 0.5) is 0 Å². The Morgan fingerprint density at radius 3 is 2.38 bits per heavy atom. The van der Waals surface area contributed by atoms with Crippen LogP contribution in [0.25, 0.3) is 0 Å². The third-order valence-electron chi connectivity index (χ3n) is 5.00. The molecular weight excluding hydrogens is 441 g/mol. The summed E-state index contributed by atoms with van der Waals surface area (Å²) < 4.78 is 5.31. The molecule has 0 saturated carbocycles. The number of hydrogen-bond acceptors (Lipinski definition) is 3. The molecule has 150 valence electrons. The molecule has 1 rings (SSSR count). The average molecular weight is 477 g/mol. The highest BCUT2D eigenvalue weighted by atomic mass is 127. The van der Waals surface area contributed by atoms with Gasteiger partial charge in [0.25, 0.3) is 0 Å². The Morgan fingerprint density at radius 1 is 1.19 bits per heavy atom. The summed E-state index contributed by atoms with van der Waals surface area (Å²) in [4.78, 5) is 4.70. The number of rotatable bonds is 10. The predicted molar refractivity (Wildman–Crippen MR) is 121 cm³/mol. The normalized spacial score (nSPS) is 11.7. The van der Waals surface area contributed by atoms with E-state index in [0.29, 0.717) is 6.54 Å². The zero-order valence-electron chi connectivity index (χ0n) is 16.9. The van der Waals surface area contributed by atoms with Crippen molar-refractivity contribution in [3.05, 3.63) is 29.3 Å². The minimum atomic E-state index is 0. The number of halogens is 1. The molecule has 0 unspecified atom stereocenters. The summed E-state index contributed by atoms with van der Waals surface area (Å²) in [5.41, 5.74) is 2.39. The van der Waals surface area contributed by atoms with Gasteiger partial charge in [0.2, 0.25) is 0 Å². The summed E-state index contributed by atoms with van der Waals surface area (Å²) >= 11 is 0. The number of methoxy groups -OCH3 is 1.